The monoisotopic (exact) mass is 318 g/mol. The summed E-state index contributed by atoms with van der Waals surface area (Å²) in [5, 5.41) is 8.32. The Morgan fingerprint density at radius 1 is 1.36 bits per heavy atom. The summed E-state index contributed by atoms with van der Waals surface area (Å²) in [5.41, 5.74) is 2.49. The van der Waals surface area contributed by atoms with Gasteiger partial charge in [-0.1, -0.05) is 24.6 Å². The maximum absolute atomic E-state index is 12.7. The van der Waals surface area contributed by atoms with E-state index in [9.17, 15) is 4.79 Å². The maximum Gasteiger partial charge on any atom is 0.257 e. The molecular formula is C16H19ClN4O. The minimum absolute atomic E-state index is 0.0617. The number of piperazine rings is 1. The van der Waals surface area contributed by atoms with Crippen LogP contribution in [0.3, 0.4) is 0 Å². The molecule has 1 aromatic heterocycles. The van der Waals surface area contributed by atoms with Crippen molar-refractivity contribution in [1.29, 1.82) is 0 Å². The molecule has 0 unspecified atom stereocenters. The third-order valence-electron chi connectivity index (χ3n) is 3.89. The van der Waals surface area contributed by atoms with Gasteiger partial charge in [-0.25, -0.2) is 4.68 Å². The molecule has 2 heterocycles. The summed E-state index contributed by atoms with van der Waals surface area (Å²) in [6.45, 7) is 5.20. The Morgan fingerprint density at radius 3 is 2.82 bits per heavy atom. The standard InChI is InChI=1S/C16H19ClN4O/c1-2-15-14(16(22)20-8-6-18-7-9-20)11-19-21(15)13-5-3-4-12(17)10-13/h3-5,10-11,18H,2,6-9H2,1H3. The summed E-state index contributed by atoms with van der Waals surface area (Å²) < 4.78 is 1.81. The fourth-order valence-electron chi connectivity index (χ4n) is 2.76. The van der Waals surface area contributed by atoms with Crippen molar-refractivity contribution in [3.8, 4) is 5.69 Å². The number of hydrogen-bond donors (Lipinski definition) is 1. The van der Waals surface area contributed by atoms with Crippen LogP contribution in [0.2, 0.25) is 5.02 Å². The Labute approximate surface area is 134 Å². The second kappa shape index (κ2) is 6.50. The van der Waals surface area contributed by atoms with E-state index in [4.69, 9.17) is 11.6 Å². The Kier molecular flexibility index (Phi) is 4.45. The Bertz CT molecular complexity index is 677. The van der Waals surface area contributed by atoms with E-state index in [2.05, 4.69) is 10.4 Å². The molecule has 0 bridgehead atoms. The van der Waals surface area contributed by atoms with Crippen LogP contribution in [-0.4, -0.2) is 46.8 Å². The molecule has 1 aliphatic heterocycles. The second-order valence-corrected chi connectivity index (χ2v) is 5.73. The normalized spacial score (nSPS) is 15.1. The van der Waals surface area contributed by atoms with Gasteiger partial charge in [0.2, 0.25) is 0 Å². The van der Waals surface area contributed by atoms with Gasteiger partial charge in [0.05, 0.1) is 23.1 Å². The van der Waals surface area contributed by atoms with Crippen molar-refractivity contribution < 1.29 is 4.79 Å². The van der Waals surface area contributed by atoms with Gasteiger partial charge >= 0.3 is 0 Å². The number of carbonyl (C=O) groups excluding carboxylic acids is 1. The molecule has 1 amide bonds. The van der Waals surface area contributed by atoms with Crippen molar-refractivity contribution >= 4 is 17.5 Å². The third-order valence-corrected chi connectivity index (χ3v) is 4.13. The third kappa shape index (κ3) is 2.87. The van der Waals surface area contributed by atoms with Gasteiger partial charge in [0.1, 0.15) is 0 Å². The molecule has 3 rings (SSSR count). The van der Waals surface area contributed by atoms with Crippen LogP contribution in [0.1, 0.15) is 23.0 Å². The van der Waals surface area contributed by atoms with Crippen LogP contribution in [0.15, 0.2) is 30.5 Å². The fraction of sp³-hybridized carbons (Fsp3) is 0.375. The van der Waals surface area contributed by atoms with Gasteiger partial charge in [0, 0.05) is 31.2 Å². The molecule has 0 spiro atoms. The maximum atomic E-state index is 12.7. The molecule has 1 fully saturated rings. The summed E-state index contributed by atoms with van der Waals surface area (Å²) in [4.78, 5) is 14.6. The first-order valence-corrected chi connectivity index (χ1v) is 7.91. The van der Waals surface area contributed by atoms with Gasteiger partial charge in [-0.05, 0) is 24.6 Å². The molecular weight excluding hydrogens is 300 g/mol. The number of amides is 1. The molecule has 6 heteroatoms. The van der Waals surface area contributed by atoms with Gasteiger partial charge in [-0.3, -0.25) is 4.79 Å². The predicted octanol–water partition coefficient (Wildman–Crippen LogP) is 2.13. The quantitative estimate of drug-likeness (QED) is 0.943. The average Bonchev–Trinajstić information content (AvgIpc) is 2.99. The lowest BCUT2D eigenvalue weighted by molar-refractivity contribution is 0.0734. The molecule has 1 saturated heterocycles. The van der Waals surface area contributed by atoms with Crippen LogP contribution in [0.4, 0.5) is 0 Å². The first kappa shape index (κ1) is 15.1. The lowest BCUT2D eigenvalue weighted by Crippen LogP contribution is -2.46. The Morgan fingerprint density at radius 2 is 2.14 bits per heavy atom. The van der Waals surface area contributed by atoms with Gasteiger partial charge < -0.3 is 10.2 Å². The van der Waals surface area contributed by atoms with E-state index in [0.717, 1.165) is 44.0 Å². The molecule has 5 nitrogen and oxygen atoms in total. The first-order chi connectivity index (χ1) is 10.7. The van der Waals surface area contributed by atoms with Crippen molar-refractivity contribution in [2.75, 3.05) is 26.2 Å². The average molecular weight is 319 g/mol. The lowest BCUT2D eigenvalue weighted by atomic mass is 10.1. The van der Waals surface area contributed by atoms with Gasteiger partial charge in [-0.2, -0.15) is 5.10 Å². The van der Waals surface area contributed by atoms with E-state index >= 15 is 0 Å². The zero-order chi connectivity index (χ0) is 15.5. The molecule has 0 radical (unpaired) electrons. The second-order valence-electron chi connectivity index (χ2n) is 5.29. The van der Waals surface area contributed by atoms with Crippen LogP contribution in [0, 0.1) is 0 Å². The highest BCUT2D eigenvalue weighted by molar-refractivity contribution is 6.30. The Hall–Kier alpha value is -1.85. The van der Waals surface area contributed by atoms with Crippen LogP contribution in [-0.2, 0) is 6.42 Å². The van der Waals surface area contributed by atoms with Crippen LogP contribution in [0.25, 0.3) is 5.69 Å². The number of nitrogens with one attached hydrogen (secondary N) is 1. The van der Waals surface area contributed by atoms with E-state index in [-0.39, 0.29) is 5.91 Å². The largest absolute Gasteiger partial charge is 0.336 e. The van der Waals surface area contributed by atoms with E-state index in [0.29, 0.717) is 10.6 Å². The van der Waals surface area contributed by atoms with E-state index in [1.54, 1.807) is 10.9 Å². The molecule has 1 aromatic carbocycles. The van der Waals surface area contributed by atoms with Crippen molar-refractivity contribution in [3.05, 3.63) is 46.7 Å². The number of rotatable bonds is 3. The molecule has 2 aromatic rings. The van der Waals surface area contributed by atoms with E-state index in [1.807, 2.05) is 36.1 Å². The molecule has 0 atom stereocenters. The minimum Gasteiger partial charge on any atom is -0.336 e. The van der Waals surface area contributed by atoms with Crippen LogP contribution >= 0.6 is 11.6 Å². The highest BCUT2D eigenvalue weighted by atomic mass is 35.5. The number of halogens is 1. The number of nitrogens with zero attached hydrogens (tertiary/aromatic N) is 3. The van der Waals surface area contributed by atoms with Gasteiger partial charge in [0.15, 0.2) is 0 Å². The topological polar surface area (TPSA) is 50.2 Å². The SMILES string of the molecule is CCc1c(C(=O)N2CCNCC2)cnn1-c1cccc(Cl)c1. The zero-order valence-corrected chi connectivity index (χ0v) is 13.3. The van der Waals surface area contributed by atoms with Crippen molar-refractivity contribution in [2.24, 2.45) is 0 Å². The summed E-state index contributed by atoms with van der Waals surface area (Å²) in [7, 11) is 0. The van der Waals surface area contributed by atoms with Gasteiger partial charge in [0.25, 0.3) is 5.91 Å². The number of hydrogen-bond acceptors (Lipinski definition) is 3. The van der Waals surface area contributed by atoms with Crippen LogP contribution in [0.5, 0.6) is 0 Å². The van der Waals surface area contributed by atoms with Crippen LogP contribution < -0.4 is 5.32 Å². The minimum atomic E-state index is 0.0617. The molecule has 0 saturated carbocycles. The molecule has 1 aliphatic rings. The summed E-state index contributed by atoms with van der Waals surface area (Å²) in [6, 6.07) is 7.51. The number of aromatic nitrogens is 2. The highest BCUT2D eigenvalue weighted by Crippen LogP contribution is 2.20. The predicted molar refractivity (Wildman–Crippen MR) is 86.7 cm³/mol. The van der Waals surface area contributed by atoms with Crippen molar-refractivity contribution in [2.45, 2.75) is 13.3 Å². The zero-order valence-electron chi connectivity index (χ0n) is 12.6. The smallest absolute Gasteiger partial charge is 0.257 e. The fourth-order valence-corrected chi connectivity index (χ4v) is 2.95. The van der Waals surface area contributed by atoms with E-state index in [1.165, 1.54) is 0 Å². The van der Waals surface area contributed by atoms with Crippen molar-refractivity contribution in [1.82, 2.24) is 20.0 Å². The summed E-state index contributed by atoms with van der Waals surface area (Å²) in [6.07, 6.45) is 2.41. The number of carbonyl (C=O) groups is 1. The first-order valence-electron chi connectivity index (χ1n) is 7.53. The van der Waals surface area contributed by atoms with Gasteiger partial charge in [-0.15, -0.1) is 0 Å². The number of benzene rings is 1. The Balaban J connectivity index is 1.95. The molecule has 22 heavy (non-hydrogen) atoms. The molecule has 116 valence electrons. The van der Waals surface area contributed by atoms with E-state index < -0.39 is 0 Å². The molecule has 1 N–H and O–H groups in total. The van der Waals surface area contributed by atoms with Crippen molar-refractivity contribution in [3.63, 3.8) is 0 Å². The highest BCUT2D eigenvalue weighted by Gasteiger charge is 2.23. The lowest BCUT2D eigenvalue weighted by Gasteiger charge is -2.27. The summed E-state index contributed by atoms with van der Waals surface area (Å²) in [5.74, 6) is 0.0617. The molecule has 0 aliphatic carbocycles. The summed E-state index contributed by atoms with van der Waals surface area (Å²) >= 11 is 6.06.